The maximum Gasteiger partial charge on any atom is 0.0599 e. The summed E-state index contributed by atoms with van der Waals surface area (Å²) in [5.41, 5.74) is 0. The number of likely N-dealkylation sites (N-methyl/N-ethyl adjacent to an activating group) is 1. The Labute approximate surface area is 83.9 Å². The van der Waals surface area contributed by atoms with Crippen LogP contribution in [0.15, 0.2) is 0 Å². The fourth-order valence-corrected chi connectivity index (χ4v) is 3.57. The Morgan fingerprint density at radius 2 is 1.85 bits per heavy atom. The Kier molecular flexibility index (Phi) is 3.55. The molecule has 0 radical (unpaired) electrons. The van der Waals surface area contributed by atoms with Gasteiger partial charge >= 0.3 is 0 Å². The van der Waals surface area contributed by atoms with Gasteiger partial charge in [0.25, 0.3) is 0 Å². The molecular formula is C10H24N2Si. The van der Waals surface area contributed by atoms with Gasteiger partial charge in [-0.1, -0.05) is 19.6 Å². The Hall–Kier alpha value is 0.137. The molecule has 13 heavy (non-hydrogen) atoms. The van der Waals surface area contributed by atoms with Crippen LogP contribution in [0.4, 0.5) is 0 Å². The number of rotatable bonds is 2. The summed E-state index contributed by atoms with van der Waals surface area (Å²) in [7, 11) is 1.34. The molecule has 78 valence electrons. The molecule has 0 amide bonds. The molecular weight excluding hydrogens is 176 g/mol. The molecule has 1 rings (SSSR count). The molecule has 2 nitrogen and oxygen atoms in total. The molecule has 1 heterocycles. The van der Waals surface area contributed by atoms with Crippen LogP contribution in [0.3, 0.4) is 0 Å². The highest BCUT2D eigenvalue weighted by molar-refractivity contribution is 6.76. The molecule has 0 aliphatic carbocycles. The second-order valence-electron chi connectivity index (χ2n) is 5.63. The van der Waals surface area contributed by atoms with Crippen molar-refractivity contribution < 1.29 is 0 Å². The van der Waals surface area contributed by atoms with Gasteiger partial charge in [0.05, 0.1) is 8.07 Å². The van der Waals surface area contributed by atoms with Crippen LogP contribution >= 0.6 is 0 Å². The second kappa shape index (κ2) is 4.11. The number of nitrogens with zero attached hydrogens (tertiary/aromatic N) is 2. The zero-order valence-corrected chi connectivity index (χ0v) is 10.8. The van der Waals surface area contributed by atoms with Crippen LogP contribution in [0.25, 0.3) is 0 Å². The average Bonchev–Trinajstić information content (AvgIpc) is 1.94. The van der Waals surface area contributed by atoms with Crippen molar-refractivity contribution in [2.75, 3.05) is 32.8 Å². The predicted octanol–water partition coefficient (Wildman–Crippen LogP) is 1.50. The van der Waals surface area contributed by atoms with E-state index in [2.05, 4.69) is 43.4 Å². The van der Waals surface area contributed by atoms with E-state index < -0.39 is 8.07 Å². The highest BCUT2D eigenvalue weighted by atomic mass is 28.3. The minimum atomic E-state index is -0.889. The lowest BCUT2D eigenvalue weighted by molar-refractivity contribution is 0.118. The van der Waals surface area contributed by atoms with Crippen molar-refractivity contribution >= 4 is 8.07 Å². The van der Waals surface area contributed by atoms with Gasteiger partial charge < -0.3 is 9.80 Å². The molecule has 0 aromatic rings. The molecule has 1 aliphatic heterocycles. The van der Waals surface area contributed by atoms with Gasteiger partial charge in [-0.25, -0.2) is 0 Å². The highest BCUT2D eigenvalue weighted by Gasteiger charge is 2.24. The molecule has 1 atom stereocenters. The summed E-state index contributed by atoms with van der Waals surface area (Å²) < 4.78 is 0. The van der Waals surface area contributed by atoms with Gasteiger partial charge in [-0.05, 0) is 20.1 Å². The first-order valence-electron chi connectivity index (χ1n) is 5.31. The zero-order chi connectivity index (χ0) is 10.1. The third kappa shape index (κ3) is 3.79. The van der Waals surface area contributed by atoms with Crippen molar-refractivity contribution in [3.8, 4) is 0 Å². The second-order valence-corrected chi connectivity index (χ2v) is 11.1. The third-order valence-electron chi connectivity index (χ3n) is 2.74. The number of hydrogen-bond donors (Lipinski definition) is 0. The van der Waals surface area contributed by atoms with Gasteiger partial charge in [-0.3, -0.25) is 0 Å². The lowest BCUT2D eigenvalue weighted by Gasteiger charge is -2.39. The largest absolute Gasteiger partial charge is 0.303 e. The summed E-state index contributed by atoms with van der Waals surface area (Å²) in [5.74, 6) is 0. The van der Waals surface area contributed by atoms with Crippen molar-refractivity contribution in [1.29, 1.82) is 0 Å². The predicted molar refractivity (Wildman–Crippen MR) is 61.9 cm³/mol. The third-order valence-corrected chi connectivity index (χ3v) is 4.14. The molecule has 0 bridgehead atoms. The summed E-state index contributed by atoms with van der Waals surface area (Å²) in [5, 5.41) is 0. The first-order chi connectivity index (χ1) is 5.88. The molecule has 0 aromatic carbocycles. The Balaban J connectivity index is 2.38. The van der Waals surface area contributed by atoms with E-state index in [0.29, 0.717) is 0 Å². The van der Waals surface area contributed by atoms with Gasteiger partial charge in [0.1, 0.15) is 0 Å². The summed E-state index contributed by atoms with van der Waals surface area (Å²) >= 11 is 0. The van der Waals surface area contributed by atoms with Crippen LogP contribution in [0.1, 0.15) is 6.92 Å². The molecule has 1 unspecified atom stereocenters. The highest BCUT2D eigenvalue weighted by Crippen LogP contribution is 2.10. The SMILES string of the molecule is CC1CN(C[Si](C)(C)C)CCN1C. The fourth-order valence-electron chi connectivity index (χ4n) is 1.94. The lowest BCUT2D eigenvalue weighted by Crippen LogP contribution is -2.53. The first-order valence-corrected chi connectivity index (χ1v) is 9.02. The Morgan fingerprint density at radius 1 is 1.23 bits per heavy atom. The molecule has 1 fully saturated rings. The lowest BCUT2D eigenvalue weighted by atomic mass is 10.2. The van der Waals surface area contributed by atoms with E-state index in [9.17, 15) is 0 Å². The molecule has 1 aliphatic rings. The molecule has 1 saturated heterocycles. The molecule has 3 heteroatoms. The summed E-state index contributed by atoms with van der Waals surface area (Å²) in [6.07, 6.45) is 1.37. The fraction of sp³-hybridized carbons (Fsp3) is 1.00. The van der Waals surface area contributed by atoms with Crippen LogP contribution in [-0.4, -0.2) is 56.8 Å². The van der Waals surface area contributed by atoms with Gasteiger partial charge in [0.2, 0.25) is 0 Å². The van der Waals surface area contributed by atoms with Gasteiger partial charge in [-0.15, -0.1) is 0 Å². The van der Waals surface area contributed by atoms with Crippen molar-refractivity contribution in [2.24, 2.45) is 0 Å². The summed E-state index contributed by atoms with van der Waals surface area (Å²) in [6.45, 7) is 13.5. The first kappa shape index (κ1) is 11.2. The van der Waals surface area contributed by atoms with Crippen molar-refractivity contribution in [1.82, 2.24) is 9.80 Å². The van der Waals surface area contributed by atoms with Gasteiger partial charge in [0.15, 0.2) is 0 Å². The topological polar surface area (TPSA) is 6.48 Å². The van der Waals surface area contributed by atoms with E-state index in [-0.39, 0.29) is 0 Å². The number of hydrogen-bond acceptors (Lipinski definition) is 2. The normalized spacial score (nSPS) is 27.9. The smallest absolute Gasteiger partial charge is 0.0599 e. The van der Waals surface area contributed by atoms with Gasteiger partial charge in [-0.2, -0.15) is 0 Å². The van der Waals surface area contributed by atoms with Crippen LogP contribution < -0.4 is 0 Å². The molecule has 0 saturated carbocycles. The van der Waals surface area contributed by atoms with E-state index >= 15 is 0 Å². The monoisotopic (exact) mass is 200 g/mol. The van der Waals surface area contributed by atoms with Gasteiger partial charge in [0, 0.05) is 25.7 Å². The molecule has 0 N–H and O–H groups in total. The van der Waals surface area contributed by atoms with Crippen molar-refractivity contribution in [2.45, 2.75) is 32.6 Å². The van der Waals surface area contributed by atoms with E-state index in [1.54, 1.807) is 0 Å². The summed E-state index contributed by atoms with van der Waals surface area (Å²) in [4.78, 5) is 5.11. The van der Waals surface area contributed by atoms with Crippen LogP contribution in [0.2, 0.25) is 19.6 Å². The zero-order valence-electron chi connectivity index (χ0n) is 9.80. The van der Waals surface area contributed by atoms with E-state index in [1.807, 2.05) is 0 Å². The average molecular weight is 200 g/mol. The Bertz CT molecular complexity index is 165. The maximum atomic E-state index is 2.65. The van der Waals surface area contributed by atoms with E-state index in [0.717, 1.165) is 6.04 Å². The quantitative estimate of drug-likeness (QED) is 0.623. The van der Waals surface area contributed by atoms with E-state index in [1.165, 1.54) is 25.8 Å². The van der Waals surface area contributed by atoms with Crippen LogP contribution in [-0.2, 0) is 0 Å². The summed E-state index contributed by atoms with van der Waals surface area (Å²) in [6, 6.07) is 0.741. The standard InChI is InChI=1S/C10H24N2Si/c1-10-8-12(7-6-11(10)2)9-13(3,4)5/h10H,6-9H2,1-5H3. The minimum absolute atomic E-state index is 0.741. The van der Waals surface area contributed by atoms with Crippen LogP contribution in [0, 0.1) is 0 Å². The van der Waals surface area contributed by atoms with Crippen molar-refractivity contribution in [3.05, 3.63) is 0 Å². The maximum absolute atomic E-state index is 2.65. The Morgan fingerprint density at radius 3 is 2.31 bits per heavy atom. The van der Waals surface area contributed by atoms with E-state index in [4.69, 9.17) is 0 Å². The minimum Gasteiger partial charge on any atom is -0.303 e. The van der Waals surface area contributed by atoms with Crippen molar-refractivity contribution in [3.63, 3.8) is 0 Å². The van der Waals surface area contributed by atoms with Crippen LogP contribution in [0.5, 0.6) is 0 Å². The molecule has 0 aromatic heterocycles. The molecule has 0 spiro atoms. The number of piperazine rings is 1.